The molecule has 0 fully saturated rings. The van der Waals surface area contributed by atoms with Crippen molar-refractivity contribution in [3.8, 4) is 0 Å². The van der Waals surface area contributed by atoms with E-state index in [1.54, 1.807) is 53.7 Å². The quantitative estimate of drug-likeness (QED) is 0.196. The minimum Gasteiger partial charge on any atom is -0.489 e. The van der Waals surface area contributed by atoms with E-state index >= 15 is 0 Å². The van der Waals surface area contributed by atoms with E-state index in [2.05, 4.69) is 11.5 Å². The van der Waals surface area contributed by atoms with Gasteiger partial charge < -0.3 is 18.9 Å². The maximum Gasteiger partial charge on any atom is 0.341 e. The fraction of sp³-hybridized carbons (Fsp3) is 0.520. The highest BCUT2D eigenvalue weighted by atomic mass is 16.6. The Labute approximate surface area is 193 Å². The number of hydrogen-bond donors (Lipinski definition) is 0. The van der Waals surface area contributed by atoms with Gasteiger partial charge in [0.2, 0.25) is 0 Å². The van der Waals surface area contributed by atoms with Crippen LogP contribution >= 0.6 is 0 Å². The van der Waals surface area contributed by atoms with Crippen LogP contribution in [0.15, 0.2) is 46.6 Å². The molecule has 0 saturated carbocycles. The fourth-order valence-corrected chi connectivity index (χ4v) is 2.99. The second-order valence-electron chi connectivity index (χ2n) is 9.71. The first-order chi connectivity index (χ1) is 15.2. The molecule has 0 amide bonds. The van der Waals surface area contributed by atoms with Crippen LogP contribution in [0.2, 0.25) is 0 Å². The molecule has 178 valence electrons. The number of carbonyl (C=O) groups is 4. The van der Waals surface area contributed by atoms with Crippen LogP contribution in [-0.2, 0) is 38.1 Å². The van der Waals surface area contributed by atoms with Crippen LogP contribution in [0.25, 0.3) is 0 Å². The first-order valence-electron chi connectivity index (χ1n) is 10.5. The van der Waals surface area contributed by atoms with Crippen LogP contribution in [0.1, 0.15) is 54.4 Å². The molecule has 0 aromatic carbocycles. The van der Waals surface area contributed by atoms with E-state index in [4.69, 9.17) is 18.9 Å². The van der Waals surface area contributed by atoms with Crippen molar-refractivity contribution >= 4 is 23.7 Å². The van der Waals surface area contributed by atoms with Crippen LogP contribution in [0.5, 0.6) is 0 Å². The van der Waals surface area contributed by atoms with Gasteiger partial charge in [-0.25, -0.2) is 4.79 Å². The number of methoxy groups -OCH3 is 1. The fourth-order valence-electron chi connectivity index (χ4n) is 2.99. The Kier molecular flexibility index (Phi) is 7.58. The van der Waals surface area contributed by atoms with Crippen LogP contribution in [-0.4, -0.2) is 48.6 Å². The Bertz CT molecular complexity index is 986. The standard InChI is InChI=1S/C25H30O8/c1-23(2,3)32-21(28)25(22(29)33-24(4,5)6)13-12-19(26)18(14-25)20(27)31-15-16-8-10-17(30-7)11-9-16/h8,10,14H,12-13,15H2,1-7H3. The summed E-state index contributed by atoms with van der Waals surface area (Å²) in [5.41, 5.74) is 1.89. The average Bonchev–Trinajstić information content (AvgIpc) is 2.70. The van der Waals surface area contributed by atoms with E-state index in [1.807, 2.05) is 0 Å². The van der Waals surface area contributed by atoms with Crippen molar-refractivity contribution in [1.82, 2.24) is 0 Å². The molecule has 2 rings (SSSR count). The van der Waals surface area contributed by atoms with Gasteiger partial charge >= 0.3 is 17.9 Å². The van der Waals surface area contributed by atoms with Crippen molar-refractivity contribution in [2.75, 3.05) is 13.7 Å². The summed E-state index contributed by atoms with van der Waals surface area (Å²) in [4.78, 5) is 51.5. The molecule has 0 heterocycles. The van der Waals surface area contributed by atoms with Gasteiger partial charge in [0.15, 0.2) is 17.0 Å². The number of Topliss-reactive ketones (excluding diaryl/α,β-unsaturated/α-hetero) is 1. The maximum absolute atomic E-state index is 13.1. The first kappa shape index (κ1) is 25.9. The summed E-state index contributed by atoms with van der Waals surface area (Å²) in [6.07, 6.45) is 3.90. The molecule has 8 heteroatoms. The van der Waals surface area contributed by atoms with Crippen molar-refractivity contribution in [2.24, 2.45) is 5.41 Å². The summed E-state index contributed by atoms with van der Waals surface area (Å²) in [6.45, 7) is 9.75. The van der Waals surface area contributed by atoms with Gasteiger partial charge in [0, 0.05) is 12.0 Å². The van der Waals surface area contributed by atoms with Crippen molar-refractivity contribution in [3.05, 3.63) is 46.6 Å². The first-order valence-corrected chi connectivity index (χ1v) is 10.5. The number of allylic oxidation sites excluding steroid dienone is 1. The second kappa shape index (κ2) is 9.65. The number of ketones is 1. The Hall–Kier alpha value is -3.34. The van der Waals surface area contributed by atoms with E-state index in [-0.39, 0.29) is 19.4 Å². The molecule has 0 unspecified atom stereocenters. The monoisotopic (exact) mass is 458 g/mol. The lowest BCUT2D eigenvalue weighted by molar-refractivity contribution is -0.182. The van der Waals surface area contributed by atoms with Gasteiger partial charge in [0.05, 0.1) is 7.11 Å². The Balaban J connectivity index is 2.39. The van der Waals surface area contributed by atoms with E-state index in [0.717, 1.165) is 6.08 Å². The highest BCUT2D eigenvalue weighted by Gasteiger charge is 2.53. The summed E-state index contributed by atoms with van der Waals surface area (Å²) in [5, 5.41) is 0. The molecule has 0 saturated heterocycles. The van der Waals surface area contributed by atoms with E-state index in [0.29, 0.717) is 11.3 Å². The molecule has 0 radical (unpaired) electrons. The van der Waals surface area contributed by atoms with Crippen molar-refractivity contribution in [1.29, 1.82) is 0 Å². The predicted molar refractivity (Wildman–Crippen MR) is 118 cm³/mol. The summed E-state index contributed by atoms with van der Waals surface area (Å²) < 4.78 is 21.2. The third kappa shape index (κ3) is 6.82. The Morgan fingerprint density at radius 3 is 2.00 bits per heavy atom. The lowest BCUT2D eigenvalue weighted by Gasteiger charge is -2.34. The molecule has 0 aromatic rings. The maximum atomic E-state index is 13.1. The largest absolute Gasteiger partial charge is 0.489 e. The molecule has 0 spiro atoms. The number of carbonyl (C=O) groups excluding carboxylic acids is 4. The van der Waals surface area contributed by atoms with Crippen LogP contribution in [0.4, 0.5) is 0 Å². The van der Waals surface area contributed by atoms with Crippen molar-refractivity contribution in [2.45, 2.75) is 65.6 Å². The molecular formula is C25H30O8. The summed E-state index contributed by atoms with van der Waals surface area (Å²) in [7, 11) is 1.49. The van der Waals surface area contributed by atoms with Crippen LogP contribution in [0.3, 0.4) is 0 Å². The van der Waals surface area contributed by atoms with Gasteiger partial charge in [0.1, 0.15) is 23.4 Å². The molecule has 8 nitrogen and oxygen atoms in total. The zero-order valence-electron chi connectivity index (χ0n) is 20.1. The van der Waals surface area contributed by atoms with Gasteiger partial charge in [-0.15, -0.1) is 0 Å². The van der Waals surface area contributed by atoms with Crippen LogP contribution < -0.4 is 0 Å². The van der Waals surface area contributed by atoms with E-state index < -0.39 is 45.9 Å². The van der Waals surface area contributed by atoms with Gasteiger partial charge in [-0.1, -0.05) is 5.73 Å². The minimum atomic E-state index is -1.94. The third-order valence-electron chi connectivity index (χ3n) is 4.54. The molecule has 33 heavy (non-hydrogen) atoms. The normalized spacial score (nSPS) is 17.4. The molecule has 0 atom stereocenters. The number of ether oxygens (including phenoxy) is 4. The molecule has 0 N–H and O–H groups in total. The minimum absolute atomic E-state index is 0.173. The Morgan fingerprint density at radius 1 is 0.970 bits per heavy atom. The van der Waals surface area contributed by atoms with Crippen LogP contribution in [0, 0.1) is 5.41 Å². The SMILES string of the molecule is COC1=C=C=C(COC(=O)C2=CC(C(=O)OC(C)(C)C)(C(=O)OC(C)(C)C)CCC2=O)C=C1. The zero-order chi connectivity index (χ0) is 25.0. The van der Waals surface area contributed by atoms with Gasteiger partial charge in [-0.05, 0) is 71.9 Å². The highest BCUT2D eigenvalue weighted by molar-refractivity contribution is 6.20. The van der Waals surface area contributed by atoms with Crippen molar-refractivity contribution < 1.29 is 38.1 Å². The van der Waals surface area contributed by atoms with Crippen molar-refractivity contribution in [3.63, 3.8) is 0 Å². The Morgan fingerprint density at radius 2 is 1.55 bits per heavy atom. The summed E-state index contributed by atoms with van der Waals surface area (Å²) in [6, 6.07) is 0. The predicted octanol–water partition coefficient (Wildman–Crippen LogP) is 3.27. The van der Waals surface area contributed by atoms with Gasteiger partial charge in [-0.2, -0.15) is 0 Å². The zero-order valence-corrected chi connectivity index (χ0v) is 20.1. The summed E-state index contributed by atoms with van der Waals surface area (Å²) in [5.74, 6) is -2.80. The molecule has 2 aliphatic carbocycles. The summed E-state index contributed by atoms with van der Waals surface area (Å²) >= 11 is 0. The smallest absolute Gasteiger partial charge is 0.341 e. The number of rotatable bonds is 6. The topological polar surface area (TPSA) is 105 Å². The molecule has 0 aromatic heterocycles. The van der Waals surface area contributed by atoms with Gasteiger partial charge in [0.25, 0.3) is 0 Å². The second-order valence-corrected chi connectivity index (χ2v) is 9.71. The lowest BCUT2D eigenvalue weighted by Crippen LogP contribution is -2.48. The lowest BCUT2D eigenvalue weighted by atomic mass is 9.75. The number of hydrogen-bond acceptors (Lipinski definition) is 8. The van der Waals surface area contributed by atoms with E-state index in [1.165, 1.54) is 7.11 Å². The van der Waals surface area contributed by atoms with Gasteiger partial charge in [-0.3, -0.25) is 14.4 Å². The molecule has 0 bridgehead atoms. The molecule has 0 aliphatic heterocycles. The molecule has 2 aliphatic rings. The molecular weight excluding hydrogens is 428 g/mol. The average molecular weight is 459 g/mol. The number of esters is 3. The third-order valence-corrected chi connectivity index (χ3v) is 4.54. The highest BCUT2D eigenvalue weighted by Crippen LogP contribution is 2.38. The van der Waals surface area contributed by atoms with E-state index in [9.17, 15) is 19.2 Å².